The molecule has 0 aliphatic carbocycles. The van der Waals surface area contributed by atoms with Gasteiger partial charge < -0.3 is 19.3 Å². The van der Waals surface area contributed by atoms with E-state index >= 15 is 0 Å². The lowest BCUT2D eigenvalue weighted by Crippen LogP contribution is -2.41. The highest BCUT2D eigenvalue weighted by Gasteiger charge is 2.23. The number of hydrogen-bond donors (Lipinski definition) is 0. The van der Waals surface area contributed by atoms with E-state index in [1.54, 1.807) is 14.2 Å². The number of hydrogen-bond acceptors (Lipinski definition) is 4. The van der Waals surface area contributed by atoms with Gasteiger partial charge in [-0.25, -0.2) is 0 Å². The maximum Gasteiger partial charge on any atom is 0.242 e. The molecule has 1 heterocycles. The summed E-state index contributed by atoms with van der Waals surface area (Å²) in [6, 6.07) is 18.6. The SMILES string of the molecule is COc1cc2c(cc1OC)CN(C(=O)CN(C)c1ccc3ccccc3c1)CC2. The van der Waals surface area contributed by atoms with E-state index in [0.29, 0.717) is 25.4 Å². The van der Waals surface area contributed by atoms with Gasteiger partial charge in [0.15, 0.2) is 11.5 Å². The predicted molar refractivity (Wildman–Crippen MR) is 116 cm³/mol. The highest BCUT2D eigenvalue weighted by Crippen LogP contribution is 2.33. The van der Waals surface area contributed by atoms with Crippen molar-refractivity contribution in [2.24, 2.45) is 0 Å². The van der Waals surface area contributed by atoms with Crippen LogP contribution >= 0.6 is 0 Å². The zero-order valence-electron chi connectivity index (χ0n) is 17.1. The molecule has 4 rings (SSSR count). The Bertz CT molecular complexity index is 1050. The van der Waals surface area contributed by atoms with Crippen molar-refractivity contribution >= 4 is 22.4 Å². The standard InChI is InChI=1S/C24H26N2O3/c1-25(21-9-8-17-6-4-5-7-18(17)12-21)16-24(27)26-11-10-19-13-22(28-2)23(29-3)14-20(19)15-26/h4-9,12-14H,10-11,15-16H2,1-3H3. The van der Waals surface area contributed by atoms with Gasteiger partial charge in [0.05, 0.1) is 20.8 Å². The molecule has 0 spiro atoms. The van der Waals surface area contributed by atoms with E-state index in [1.165, 1.54) is 16.3 Å². The molecule has 0 bridgehead atoms. The van der Waals surface area contributed by atoms with E-state index in [0.717, 1.165) is 23.4 Å². The molecule has 0 unspecified atom stereocenters. The molecule has 29 heavy (non-hydrogen) atoms. The largest absolute Gasteiger partial charge is 0.493 e. The Balaban J connectivity index is 1.47. The molecule has 0 aromatic heterocycles. The number of rotatable bonds is 5. The molecule has 5 heteroatoms. The van der Waals surface area contributed by atoms with Crippen molar-refractivity contribution in [2.75, 3.05) is 39.3 Å². The summed E-state index contributed by atoms with van der Waals surface area (Å²) in [5, 5.41) is 2.38. The van der Waals surface area contributed by atoms with Gasteiger partial charge in [0.25, 0.3) is 0 Å². The Kier molecular flexibility index (Phi) is 5.30. The van der Waals surface area contributed by atoms with Crippen LogP contribution < -0.4 is 14.4 Å². The summed E-state index contributed by atoms with van der Waals surface area (Å²) >= 11 is 0. The summed E-state index contributed by atoms with van der Waals surface area (Å²) in [5.74, 6) is 1.57. The summed E-state index contributed by atoms with van der Waals surface area (Å²) in [6.07, 6.45) is 0.821. The van der Waals surface area contributed by atoms with Crippen LogP contribution in [0.3, 0.4) is 0 Å². The van der Waals surface area contributed by atoms with Crippen LogP contribution in [0, 0.1) is 0 Å². The zero-order valence-corrected chi connectivity index (χ0v) is 17.1. The monoisotopic (exact) mass is 390 g/mol. The van der Waals surface area contributed by atoms with E-state index in [4.69, 9.17) is 9.47 Å². The number of carbonyl (C=O) groups excluding carboxylic acids is 1. The summed E-state index contributed by atoms with van der Waals surface area (Å²) in [7, 11) is 5.24. The maximum absolute atomic E-state index is 13.0. The van der Waals surface area contributed by atoms with Crippen LogP contribution in [-0.2, 0) is 17.8 Å². The summed E-state index contributed by atoms with van der Waals surface area (Å²) in [5.41, 5.74) is 3.38. The average Bonchev–Trinajstić information content (AvgIpc) is 2.77. The van der Waals surface area contributed by atoms with Crippen molar-refractivity contribution in [3.63, 3.8) is 0 Å². The van der Waals surface area contributed by atoms with Crippen LogP contribution in [0.2, 0.25) is 0 Å². The fraction of sp³-hybridized carbons (Fsp3) is 0.292. The molecule has 3 aromatic rings. The van der Waals surface area contributed by atoms with Gasteiger partial charge in [-0.3, -0.25) is 4.79 Å². The first-order valence-electron chi connectivity index (χ1n) is 9.80. The van der Waals surface area contributed by atoms with Crippen LogP contribution in [0.1, 0.15) is 11.1 Å². The highest BCUT2D eigenvalue weighted by atomic mass is 16.5. The number of ether oxygens (including phenoxy) is 2. The van der Waals surface area contributed by atoms with Crippen LogP contribution in [0.25, 0.3) is 10.8 Å². The molecule has 0 radical (unpaired) electrons. The minimum absolute atomic E-state index is 0.126. The lowest BCUT2D eigenvalue weighted by atomic mass is 9.98. The number of anilines is 1. The number of methoxy groups -OCH3 is 2. The molecular weight excluding hydrogens is 364 g/mol. The van der Waals surface area contributed by atoms with E-state index < -0.39 is 0 Å². The van der Waals surface area contributed by atoms with Crippen molar-refractivity contribution in [3.8, 4) is 11.5 Å². The van der Waals surface area contributed by atoms with E-state index in [2.05, 4.69) is 30.3 Å². The van der Waals surface area contributed by atoms with Gasteiger partial charge in [0, 0.05) is 25.8 Å². The number of carbonyl (C=O) groups is 1. The third kappa shape index (κ3) is 3.86. The summed E-state index contributed by atoms with van der Waals surface area (Å²) < 4.78 is 10.8. The van der Waals surface area contributed by atoms with Gasteiger partial charge in [0.2, 0.25) is 5.91 Å². The number of nitrogens with zero attached hydrogens (tertiary/aromatic N) is 2. The Labute approximate surface area is 171 Å². The molecule has 0 fully saturated rings. The van der Waals surface area contributed by atoms with Crippen molar-refractivity contribution in [1.82, 2.24) is 4.90 Å². The van der Waals surface area contributed by atoms with Gasteiger partial charge >= 0.3 is 0 Å². The summed E-state index contributed by atoms with van der Waals surface area (Å²) in [6.45, 7) is 1.66. The Morgan fingerprint density at radius 3 is 2.38 bits per heavy atom. The van der Waals surface area contributed by atoms with Crippen molar-refractivity contribution < 1.29 is 14.3 Å². The molecular formula is C24H26N2O3. The average molecular weight is 390 g/mol. The number of fused-ring (bicyclic) bond motifs is 2. The fourth-order valence-corrected chi connectivity index (χ4v) is 3.90. The molecule has 1 amide bonds. The molecule has 0 saturated carbocycles. The lowest BCUT2D eigenvalue weighted by molar-refractivity contribution is -0.130. The van der Waals surface area contributed by atoms with Gasteiger partial charge in [-0.1, -0.05) is 30.3 Å². The first-order valence-corrected chi connectivity index (χ1v) is 9.80. The highest BCUT2D eigenvalue weighted by molar-refractivity contribution is 5.87. The molecule has 0 saturated heterocycles. The molecule has 3 aromatic carbocycles. The second-order valence-electron chi connectivity index (χ2n) is 7.43. The smallest absolute Gasteiger partial charge is 0.242 e. The Morgan fingerprint density at radius 2 is 1.66 bits per heavy atom. The molecule has 5 nitrogen and oxygen atoms in total. The first kappa shape index (κ1) is 19.1. The van der Waals surface area contributed by atoms with Crippen LogP contribution in [-0.4, -0.2) is 45.2 Å². The molecule has 1 aliphatic heterocycles. The maximum atomic E-state index is 13.0. The molecule has 0 atom stereocenters. The van der Waals surface area contributed by atoms with Crippen molar-refractivity contribution in [1.29, 1.82) is 0 Å². The minimum atomic E-state index is 0.126. The van der Waals surface area contributed by atoms with Crippen LogP contribution in [0.15, 0.2) is 54.6 Å². The number of benzene rings is 3. The second-order valence-corrected chi connectivity index (χ2v) is 7.43. The minimum Gasteiger partial charge on any atom is -0.493 e. The number of likely N-dealkylation sites (N-methyl/N-ethyl adjacent to an activating group) is 1. The van der Waals surface area contributed by atoms with Crippen LogP contribution in [0.5, 0.6) is 11.5 Å². The lowest BCUT2D eigenvalue weighted by Gasteiger charge is -2.31. The predicted octanol–water partition coefficient (Wildman–Crippen LogP) is 3.88. The normalized spacial score (nSPS) is 13.1. The van der Waals surface area contributed by atoms with Gasteiger partial charge in [-0.15, -0.1) is 0 Å². The van der Waals surface area contributed by atoms with Gasteiger partial charge in [-0.2, -0.15) is 0 Å². The fourth-order valence-electron chi connectivity index (χ4n) is 3.90. The second kappa shape index (κ2) is 8.03. The van der Waals surface area contributed by atoms with Gasteiger partial charge in [-0.05, 0) is 52.6 Å². The van der Waals surface area contributed by atoms with E-state index in [9.17, 15) is 4.79 Å². The third-order valence-electron chi connectivity index (χ3n) is 5.62. The quantitative estimate of drug-likeness (QED) is 0.663. The molecule has 0 N–H and O–H groups in total. The van der Waals surface area contributed by atoms with E-state index in [-0.39, 0.29) is 5.91 Å². The number of amides is 1. The third-order valence-corrected chi connectivity index (χ3v) is 5.62. The van der Waals surface area contributed by atoms with Crippen LogP contribution in [0.4, 0.5) is 5.69 Å². The zero-order chi connectivity index (χ0) is 20.4. The van der Waals surface area contributed by atoms with Gasteiger partial charge in [0.1, 0.15) is 0 Å². The van der Waals surface area contributed by atoms with E-state index in [1.807, 2.05) is 41.1 Å². The van der Waals surface area contributed by atoms with Crippen molar-refractivity contribution in [3.05, 3.63) is 65.7 Å². The molecule has 1 aliphatic rings. The Morgan fingerprint density at radius 1 is 0.966 bits per heavy atom. The molecule has 150 valence electrons. The topological polar surface area (TPSA) is 42.0 Å². The summed E-state index contributed by atoms with van der Waals surface area (Å²) in [4.78, 5) is 16.9. The first-order chi connectivity index (χ1) is 14.1. The van der Waals surface area contributed by atoms with Crippen molar-refractivity contribution in [2.45, 2.75) is 13.0 Å². The Hall–Kier alpha value is -3.21.